The molecule has 3 atom stereocenters. The molecule has 0 radical (unpaired) electrons. The van der Waals surface area contributed by atoms with Gasteiger partial charge in [-0.25, -0.2) is 0 Å². The van der Waals surface area contributed by atoms with E-state index in [0.717, 1.165) is 29.5 Å². The second kappa shape index (κ2) is 6.88. The van der Waals surface area contributed by atoms with Gasteiger partial charge in [-0.2, -0.15) is 0 Å². The molecule has 2 N–H and O–H groups in total. The van der Waals surface area contributed by atoms with Crippen molar-refractivity contribution in [3.63, 3.8) is 0 Å². The first kappa shape index (κ1) is 15.6. The summed E-state index contributed by atoms with van der Waals surface area (Å²) in [5.41, 5.74) is 7.64. The van der Waals surface area contributed by atoms with Gasteiger partial charge in [0.2, 0.25) is 0 Å². The summed E-state index contributed by atoms with van der Waals surface area (Å²) in [4.78, 5) is 2.56. The fourth-order valence-corrected chi connectivity index (χ4v) is 3.68. The van der Waals surface area contributed by atoms with Gasteiger partial charge in [-0.05, 0) is 50.4 Å². The number of fused-ring (bicyclic) bond motifs is 1. The van der Waals surface area contributed by atoms with Gasteiger partial charge in [-0.3, -0.25) is 0 Å². The first-order valence-corrected chi connectivity index (χ1v) is 8.55. The lowest BCUT2D eigenvalue weighted by Gasteiger charge is -2.37. The van der Waals surface area contributed by atoms with Crippen molar-refractivity contribution in [3.05, 3.63) is 23.8 Å². The Hall–Kier alpha value is -1.26. The summed E-state index contributed by atoms with van der Waals surface area (Å²) in [7, 11) is 0. The van der Waals surface area contributed by atoms with Crippen LogP contribution in [0.25, 0.3) is 0 Å². The second-order valence-corrected chi connectivity index (χ2v) is 6.74. The van der Waals surface area contributed by atoms with Crippen LogP contribution in [0, 0.1) is 11.8 Å². The Balaban J connectivity index is 1.69. The number of ether oxygens (including phenoxy) is 2. The summed E-state index contributed by atoms with van der Waals surface area (Å²) < 4.78 is 11.5. The van der Waals surface area contributed by atoms with Gasteiger partial charge in [0.15, 0.2) is 0 Å². The minimum absolute atomic E-state index is 0.0291. The van der Waals surface area contributed by atoms with Gasteiger partial charge in [-0.15, -0.1) is 0 Å². The summed E-state index contributed by atoms with van der Waals surface area (Å²) in [6.45, 7) is 9.14. The Labute approximate surface area is 133 Å². The molecule has 0 saturated carbocycles. The van der Waals surface area contributed by atoms with Crippen molar-refractivity contribution in [1.29, 1.82) is 0 Å². The van der Waals surface area contributed by atoms with Crippen molar-refractivity contribution in [1.82, 2.24) is 4.90 Å². The predicted molar refractivity (Wildman–Crippen MR) is 88.4 cm³/mol. The zero-order valence-corrected chi connectivity index (χ0v) is 13.8. The largest absolute Gasteiger partial charge is 0.494 e. The van der Waals surface area contributed by atoms with Gasteiger partial charge >= 0.3 is 0 Å². The smallest absolute Gasteiger partial charge is 0.124 e. The molecule has 0 bridgehead atoms. The van der Waals surface area contributed by atoms with Gasteiger partial charge in [0.1, 0.15) is 11.5 Å². The molecule has 22 heavy (non-hydrogen) atoms. The highest BCUT2D eigenvalue weighted by Crippen LogP contribution is 2.37. The van der Waals surface area contributed by atoms with Crippen LogP contribution in [0.3, 0.4) is 0 Å². The molecule has 0 aliphatic carbocycles. The molecule has 4 heteroatoms. The third kappa shape index (κ3) is 3.39. The molecule has 2 heterocycles. The monoisotopic (exact) mass is 304 g/mol. The fourth-order valence-electron chi connectivity index (χ4n) is 3.68. The van der Waals surface area contributed by atoms with Gasteiger partial charge in [-0.1, -0.05) is 6.92 Å². The normalized spacial score (nSPS) is 28.8. The maximum Gasteiger partial charge on any atom is 0.124 e. The summed E-state index contributed by atoms with van der Waals surface area (Å²) >= 11 is 0. The molecule has 0 spiro atoms. The van der Waals surface area contributed by atoms with Crippen LogP contribution in [0.5, 0.6) is 11.5 Å². The minimum atomic E-state index is 0.0291. The standard InChI is InChI=1S/C18H28N2O2/c1-3-21-15-6-7-17-16(9-15)18(19)14(12-22-17)11-20-8-4-5-13(2)10-20/h6-7,9,13-14,18H,3-5,8,10-12,19H2,1-2H3. The Morgan fingerprint density at radius 3 is 3.05 bits per heavy atom. The van der Waals surface area contributed by atoms with E-state index in [1.54, 1.807) is 0 Å². The van der Waals surface area contributed by atoms with Crippen LogP contribution in [0.4, 0.5) is 0 Å². The molecule has 1 fully saturated rings. The molecular formula is C18H28N2O2. The van der Waals surface area contributed by atoms with E-state index in [9.17, 15) is 0 Å². The average Bonchev–Trinajstić information content (AvgIpc) is 2.51. The van der Waals surface area contributed by atoms with Crippen molar-refractivity contribution in [2.45, 2.75) is 32.7 Å². The van der Waals surface area contributed by atoms with E-state index in [4.69, 9.17) is 15.2 Å². The Bertz CT molecular complexity index is 506. The van der Waals surface area contributed by atoms with E-state index >= 15 is 0 Å². The zero-order valence-electron chi connectivity index (χ0n) is 13.8. The van der Waals surface area contributed by atoms with E-state index < -0.39 is 0 Å². The SMILES string of the molecule is CCOc1ccc2c(c1)C(N)C(CN1CCCC(C)C1)CO2. The lowest BCUT2D eigenvalue weighted by atomic mass is 9.89. The third-order valence-electron chi connectivity index (χ3n) is 4.85. The summed E-state index contributed by atoms with van der Waals surface area (Å²) in [6.07, 6.45) is 2.65. The van der Waals surface area contributed by atoms with Crippen LogP contribution in [-0.2, 0) is 0 Å². The number of likely N-dealkylation sites (tertiary alicyclic amines) is 1. The molecule has 0 aromatic heterocycles. The number of hydrogen-bond donors (Lipinski definition) is 1. The number of benzene rings is 1. The van der Waals surface area contributed by atoms with Crippen LogP contribution in [0.1, 0.15) is 38.3 Å². The number of nitrogens with zero attached hydrogens (tertiary/aromatic N) is 1. The molecule has 0 amide bonds. The van der Waals surface area contributed by atoms with Crippen molar-refractivity contribution in [2.24, 2.45) is 17.6 Å². The molecule has 3 unspecified atom stereocenters. The average molecular weight is 304 g/mol. The van der Waals surface area contributed by atoms with Crippen molar-refractivity contribution in [2.75, 3.05) is 32.8 Å². The number of rotatable bonds is 4. The van der Waals surface area contributed by atoms with Gasteiger partial charge in [0.25, 0.3) is 0 Å². The van der Waals surface area contributed by atoms with Crippen LogP contribution < -0.4 is 15.2 Å². The number of nitrogens with two attached hydrogens (primary N) is 1. The molecule has 1 saturated heterocycles. The molecule has 122 valence electrons. The van der Waals surface area contributed by atoms with Crippen LogP contribution in [-0.4, -0.2) is 37.7 Å². The maximum absolute atomic E-state index is 6.55. The van der Waals surface area contributed by atoms with Crippen molar-refractivity contribution in [3.8, 4) is 11.5 Å². The lowest BCUT2D eigenvalue weighted by Crippen LogP contribution is -2.43. The van der Waals surface area contributed by atoms with Crippen molar-refractivity contribution >= 4 is 0 Å². The van der Waals surface area contributed by atoms with Crippen molar-refractivity contribution < 1.29 is 9.47 Å². The molecule has 3 rings (SSSR count). The number of piperidine rings is 1. The first-order chi connectivity index (χ1) is 10.7. The summed E-state index contributed by atoms with van der Waals surface area (Å²) in [6, 6.07) is 6.02. The number of hydrogen-bond acceptors (Lipinski definition) is 4. The Morgan fingerprint density at radius 1 is 1.41 bits per heavy atom. The minimum Gasteiger partial charge on any atom is -0.494 e. The Morgan fingerprint density at radius 2 is 2.27 bits per heavy atom. The van der Waals surface area contributed by atoms with Gasteiger partial charge in [0, 0.05) is 30.6 Å². The topological polar surface area (TPSA) is 47.7 Å². The van der Waals surface area contributed by atoms with E-state index in [1.807, 2.05) is 19.1 Å². The molecule has 1 aromatic carbocycles. The molecule has 2 aliphatic heterocycles. The van der Waals surface area contributed by atoms with E-state index in [0.29, 0.717) is 19.1 Å². The highest BCUT2D eigenvalue weighted by Gasteiger charge is 2.31. The van der Waals surface area contributed by atoms with Crippen LogP contribution >= 0.6 is 0 Å². The zero-order chi connectivity index (χ0) is 15.5. The third-order valence-corrected chi connectivity index (χ3v) is 4.85. The quantitative estimate of drug-likeness (QED) is 0.929. The first-order valence-electron chi connectivity index (χ1n) is 8.55. The second-order valence-electron chi connectivity index (χ2n) is 6.74. The van der Waals surface area contributed by atoms with Gasteiger partial charge in [0.05, 0.1) is 13.2 Å². The Kier molecular flexibility index (Phi) is 4.89. The lowest BCUT2D eigenvalue weighted by molar-refractivity contribution is 0.109. The summed E-state index contributed by atoms with van der Waals surface area (Å²) in [5, 5.41) is 0. The van der Waals surface area contributed by atoms with Crippen LogP contribution in [0.15, 0.2) is 18.2 Å². The van der Waals surface area contributed by atoms with Gasteiger partial charge < -0.3 is 20.1 Å². The van der Waals surface area contributed by atoms with E-state index in [-0.39, 0.29) is 6.04 Å². The predicted octanol–water partition coefficient (Wildman–Crippen LogP) is 2.83. The molecular weight excluding hydrogens is 276 g/mol. The highest BCUT2D eigenvalue weighted by molar-refractivity contribution is 5.43. The highest BCUT2D eigenvalue weighted by atomic mass is 16.5. The van der Waals surface area contributed by atoms with Crippen LogP contribution in [0.2, 0.25) is 0 Å². The fraction of sp³-hybridized carbons (Fsp3) is 0.667. The molecule has 1 aromatic rings. The molecule has 4 nitrogen and oxygen atoms in total. The van der Waals surface area contributed by atoms with E-state index in [2.05, 4.69) is 17.9 Å². The van der Waals surface area contributed by atoms with E-state index in [1.165, 1.54) is 25.9 Å². The maximum atomic E-state index is 6.55. The summed E-state index contributed by atoms with van der Waals surface area (Å²) in [5.74, 6) is 2.95. The molecule has 2 aliphatic rings.